The first kappa shape index (κ1) is 42.8. The summed E-state index contributed by atoms with van der Waals surface area (Å²) in [5.74, 6) is -1.68. The Labute approximate surface area is 348 Å². The Morgan fingerprint density at radius 1 is 0.797 bits per heavy atom. The van der Waals surface area contributed by atoms with Crippen LogP contribution in [0, 0.1) is 12.8 Å². The fourth-order valence-corrected chi connectivity index (χ4v) is 8.16. The lowest BCUT2D eigenvalue weighted by molar-refractivity contribution is -0.156. The maximum absolute atomic E-state index is 15.0. The maximum atomic E-state index is 15.0. The molecule has 0 unspecified atom stereocenters. The lowest BCUT2D eigenvalue weighted by Gasteiger charge is -2.35. The van der Waals surface area contributed by atoms with Crippen LogP contribution in [0.1, 0.15) is 93.5 Å². The van der Waals surface area contributed by atoms with Crippen LogP contribution in [0.2, 0.25) is 0 Å². The van der Waals surface area contributed by atoms with Crippen LogP contribution in [0.4, 0.5) is 4.79 Å². The summed E-state index contributed by atoms with van der Waals surface area (Å²) in [4.78, 5) is 72.7. The Bertz CT molecular complexity index is 2060. The van der Waals surface area contributed by atoms with Gasteiger partial charge in [-0.15, -0.1) is 0 Å². The molecule has 1 heterocycles. The van der Waals surface area contributed by atoms with Crippen molar-refractivity contribution in [3.63, 3.8) is 0 Å². The monoisotopic (exact) mass is 799 g/mol. The number of hydrogen-bond donors (Lipinski definition) is 1. The number of aryl methyl sites for hydroxylation is 2. The van der Waals surface area contributed by atoms with Crippen LogP contribution in [0.3, 0.4) is 0 Å². The molecule has 1 N–H and O–H groups in total. The summed E-state index contributed by atoms with van der Waals surface area (Å²) in [6.45, 7) is 9.79. The number of ether oxygens (including phenoxy) is 2. The summed E-state index contributed by atoms with van der Waals surface area (Å²) in [5.41, 5.74) is 6.61. The summed E-state index contributed by atoms with van der Waals surface area (Å²) in [6.07, 6.45) is 0.380. The van der Waals surface area contributed by atoms with Crippen molar-refractivity contribution in [2.24, 2.45) is 5.92 Å². The molecule has 10 heteroatoms. The number of nitrogens with one attached hydrogen (secondary N) is 1. The molecule has 2 aliphatic rings. The van der Waals surface area contributed by atoms with E-state index in [9.17, 15) is 24.0 Å². The highest BCUT2D eigenvalue weighted by atomic mass is 16.6. The minimum absolute atomic E-state index is 0.0000286. The van der Waals surface area contributed by atoms with Crippen molar-refractivity contribution in [1.29, 1.82) is 0 Å². The van der Waals surface area contributed by atoms with Crippen molar-refractivity contribution in [2.45, 2.75) is 103 Å². The first-order valence-electron chi connectivity index (χ1n) is 20.8. The maximum Gasteiger partial charge on any atom is 0.410 e. The Kier molecular flexibility index (Phi) is 14.0. The van der Waals surface area contributed by atoms with Gasteiger partial charge in [0.15, 0.2) is 0 Å². The lowest BCUT2D eigenvalue weighted by Crippen LogP contribution is -2.56. The molecule has 3 atom stereocenters. The highest BCUT2D eigenvalue weighted by molar-refractivity contribution is 5.92. The molecule has 6 rings (SSSR count). The Hall–Kier alpha value is -5.77. The number of benzene rings is 4. The smallest absolute Gasteiger partial charge is 0.410 e. The zero-order chi connectivity index (χ0) is 42.1. The molecule has 10 nitrogen and oxygen atoms in total. The molecule has 0 radical (unpaired) electrons. The lowest BCUT2D eigenvalue weighted by atomic mass is 9.98. The van der Waals surface area contributed by atoms with Gasteiger partial charge in [0.1, 0.15) is 30.1 Å². The zero-order valence-corrected chi connectivity index (χ0v) is 34.9. The van der Waals surface area contributed by atoms with Gasteiger partial charge in [0.2, 0.25) is 11.8 Å². The van der Waals surface area contributed by atoms with Crippen molar-refractivity contribution in [1.82, 2.24) is 15.1 Å². The third kappa shape index (κ3) is 11.2. The number of fused-ring (bicyclic) bond motifs is 3. The van der Waals surface area contributed by atoms with Crippen molar-refractivity contribution >= 4 is 29.7 Å². The van der Waals surface area contributed by atoms with Crippen LogP contribution >= 0.6 is 0 Å². The standard InChI is InChI=1S/C49H57N3O7/c1-33-19-21-36(22-20-33)30-50-46(55)43(25-26-45(54)59-49(3,4)5)51(28-27-37(53)24-23-35-13-7-6-8-14-35)47(56)44-29-34(2)31-52(44)48(57)58-32-42-40-17-11-9-15-38(40)39-16-10-12-18-41(39)42/h6-22,34,42-44H,23-32H2,1-5H3,(H,50,55)/t34-,43-,44+/m1/s1. The highest BCUT2D eigenvalue weighted by Crippen LogP contribution is 2.44. The first-order chi connectivity index (χ1) is 28.3. The minimum Gasteiger partial charge on any atom is -0.460 e. The van der Waals surface area contributed by atoms with E-state index >= 15 is 0 Å². The number of nitrogens with zero attached hydrogens (tertiary/aromatic N) is 2. The number of esters is 1. The molecule has 1 aliphatic carbocycles. The predicted molar refractivity (Wildman–Crippen MR) is 227 cm³/mol. The van der Waals surface area contributed by atoms with E-state index < -0.39 is 41.6 Å². The van der Waals surface area contributed by atoms with Crippen LogP contribution in [0.25, 0.3) is 11.1 Å². The van der Waals surface area contributed by atoms with Gasteiger partial charge in [-0.25, -0.2) is 4.79 Å². The molecule has 0 bridgehead atoms. The number of carbonyl (C=O) groups is 5. The van der Waals surface area contributed by atoms with E-state index in [1.165, 1.54) is 9.80 Å². The van der Waals surface area contributed by atoms with Crippen molar-refractivity contribution < 1.29 is 33.4 Å². The summed E-state index contributed by atoms with van der Waals surface area (Å²) in [7, 11) is 0. The van der Waals surface area contributed by atoms with Gasteiger partial charge >= 0.3 is 12.1 Å². The van der Waals surface area contributed by atoms with Gasteiger partial charge in [-0.3, -0.25) is 24.1 Å². The molecule has 1 fully saturated rings. The molecular weight excluding hydrogens is 743 g/mol. The third-order valence-electron chi connectivity index (χ3n) is 11.1. The summed E-state index contributed by atoms with van der Waals surface area (Å²) in [6, 6.07) is 31.6. The van der Waals surface area contributed by atoms with Crippen LogP contribution < -0.4 is 5.32 Å². The highest BCUT2D eigenvalue weighted by Gasteiger charge is 2.44. The minimum atomic E-state index is -1.12. The second kappa shape index (κ2) is 19.3. The molecule has 0 saturated carbocycles. The Morgan fingerprint density at radius 2 is 1.42 bits per heavy atom. The van der Waals surface area contributed by atoms with E-state index in [0.29, 0.717) is 19.4 Å². The molecule has 0 spiro atoms. The van der Waals surface area contributed by atoms with Crippen LogP contribution in [-0.2, 0) is 41.6 Å². The van der Waals surface area contributed by atoms with Gasteiger partial charge in [-0.05, 0) is 86.3 Å². The molecule has 310 valence electrons. The van der Waals surface area contributed by atoms with Crippen LogP contribution in [0.5, 0.6) is 0 Å². The summed E-state index contributed by atoms with van der Waals surface area (Å²) >= 11 is 0. The number of ketones is 1. The zero-order valence-electron chi connectivity index (χ0n) is 34.9. The van der Waals surface area contributed by atoms with E-state index in [-0.39, 0.29) is 63.0 Å². The van der Waals surface area contributed by atoms with E-state index in [1.54, 1.807) is 20.8 Å². The summed E-state index contributed by atoms with van der Waals surface area (Å²) in [5, 5.41) is 2.99. The molecular formula is C49H57N3O7. The van der Waals surface area contributed by atoms with Gasteiger partial charge in [-0.1, -0.05) is 116 Å². The fraction of sp³-hybridized carbons (Fsp3) is 0.408. The molecule has 0 aromatic heterocycles. The number of amides is 3. The summed E-state index contributed by atoms with van der Waals surface area (Å²) < 4.78 is 11.7. The molecule has 59 heavy (non-hydrogen) atoms. The quantitative estimate of drug-likeness (QED) is 0.114. The number of likely N-dealkylation sites (tertiary alicyclic amines) is 1. The number of hydrogen-bond acceptors (Lipinski definition) is 7. The number of Topliss-reactive ketones (excluding diaryl/α,β-unsaturated/α-hetero) is 1. The van der Waals surface area contributed by atoms with E-state index in [0.717, 1.165) is 38.9 Å². The van der Waals surface area contributed by atoms with E-state index in [4.69, 9.17) is 9.47 Å². The topological polar surface area (TPSA) is 122 Å². The average molecular weight is 800 g/mol. The van der Waals surface area contributed by atoms with Gasteiger partial charge in [-0.2, -0.15) is 0 Å². The number of rotatable bonds is 16. The molecule has 3 amide bonds. The van der Waals surface area contributed by atoms with Crippen LogP contribution in [-0.4, -0.2) is 76.8 Å². The SMILES string of the molecule is Cc1ccc(CNC(=O)[C@@H](CCC(=O)OC(C)(C)C)N(CCC(=O)CCc2ccccc2)C(=O)[C@@H]2C[C@@H](C)CN2C(=O)OCC2c3ccccc3-c3ccccc32)cc1. The van der Waals surface area contributed by atoms with Gasteiger partial charge in [0, 0.05) is 44.8 Å². The Balaban J connectivity index is 1.24. The predicted octanol–water partition coefficient (Wildman–Crippen LogP) is 8.18. The van der Waals surface area contributed by atoms with E-state index in [1.807, 2.05) is 92.7 Å². The second-order valence-electron chi connectivity index (χ2n) is 17.0. The van der Waals surface area contributed by atoms with Gasteiger partial charge < -0.3 is 19.7 Å². The average Bonchev–Trinajstić information content (AvgIpc) is 3.77. The van der Waals surface area contributed by atoms with Gasteiger partial charge in [0.25, 0.3) is 0 Å². The van der Waals surface area contributed by atoms with Gasteiger partial charge in [0.05, 0.1) is 0 Å². The normalized spacial score (nSPS) is 16.5. The molecule has 4 aromatic rings. The Morgan fingerprint density at radius 3 is 2.07 bits per heavy atom. The third-order valence-corrected chi connectivity index (χ3v) is 11.1. The molecule has 4 aromatic carbocycles. The molecule has 1 aliphatic heterocycles. The van der Waals surface area contributed by atoms with Crippen molar-refractivity contribution in [3.8, 4) is 11.1 Å². The van der Waals surface area contributed by atoms with Crippen molar-refractivity contribution in [3.05, 3.63) is 131 Å². The second-order valence-corrected chi connectivity index (χ2v) is 17.0. The van der Waals surface area contributed by atoms with E-state index in [2.05, 4.69) is 29.6 Å². The fourth-order valence-electron chi connectivity index (χ4n) is 8.16. The number of carbonyl (C=O) groups excluding carboxylic acids is 5. The molecule has 1 saturated heterocycles. The first-order valence-corrected chi connectivity index (χ1v) is 20.8. The largest absolute Gasteiger partial charge is 0.460 e. The van der Waals surface area contributed by atoms with Crippen molar-refractivity contribution in [2.75, 3.05) is 19.7 Å². The van der Waals surface area contributed by atoms with Crippen LogP contribution in [0.15, 0.2) is 103 Å².